The fourth-order valence-electron chi connectivity index (χ4n) is 3.21. The summed E-state index contributed by atoms with van der Waals surface area (Å²) in [5.41, 5.74) is 6.18. The zero-order valence-corrected chi connectivity index (χ0v) is 16.1. The van der Waals surface area contributed by atoms with Gasteiger partial charge in [-0.05, 0) is 31.2 Å². The van der Waals surface area contributed by atoms with E-state index in [1.165, 1.54) is 12.1 Å². The van der Waals surface area contributed by atoms with Crippen molar-refractivity contribution >= 4 is 29.9 Å². The lowest BCUT2D eigenvalue weighted by Crippen LogP contribution is -2.49. The minimum atomic E-state index is -0.435. The molecule has 1 aromatic carbocycles. The fourth-order valence-corrected chi connectivity index (χ4v) is 3.21. The monoisotopic (exact) mass is 398 g/mol. The number of benzene rings is 1. The van der Waals surface area contributed by atoms with Gasteiger partial charge in [-0.3, -0.25) is 19.7 Å². The summed E-state index contributed by atoms with van der Waals surface area (Å²) in [4.78, 5) is 36.5. The molecule has 1 fully saturated rings. The van der Waals surface area contributed by atoms with E-state index >= 15 is 0 Å². The first kappa shape index (κ1) is 22.9. The molecule has 0 aromatic heterocycles. The smallest absolute Gasteiger partial charge is 0.269 e. The Hall–Kier alpha value is -2.19. The van der Waals surface area contributed by atoms with Crippen LogP contribution in [-0.4, -0.2) is 47.3 Å². The van der Waals surface area contributed by atoms with E-state index in [2.05, 4.69) is 5.32 Å². The van der Waals surface area contributed by atoms with Crippen molar-refractivity contribution in [3.63, 3.8) is 0 Å². The van der Waals surface area contributed by atoms with Crippen molar-refractivity contribution in [1.82, 2.24) is 10.2 Å². The molecule has 1 saturated heterocycles. The Morgan fingerprint density at radius 2 is 2.07 bits per heavy atom. The first-order valence-electron chi connectivity index (χ1n) is 9.01. The van der Waals surface area contributed by atoms with E-state index < -0.39 is 4.92 Å². The number of carbonyl (C=O) groups excluding carboxylic acids is 2. The minimum Gasteiger partial charge on any atom is -0.354 e. The number of nitrogens with two attached hydrogens (primary N) is 1. The van der Waals surface area contributed by atoms with Crippen LogP contribution in [0.5, 0.6) is 0 Å². The highest BCUT2D eigenvalue weighted by molar-refractivity contribution is 5.85. The maximum atomic E-state index is 12.6. The van der Waals surface area contributed by atoms with Gasteiger partial charge in [-0.15, -0.1) is 12.4 Å². The molecule has 1 aliphatic rings. The van der Waals surface area contributed by atoms with Crippen molar-refractivity contribution in [2.24, 2.45) is 5.73 Å². The Morgan fingerprint density at radius 3 is 2.78 bits per heavy atom. The van der Waals surface area contributed by atoms with E-state index in [1.54, 1.807) is 12.1 Å². The molecule has 1 aromatic rings. The van der Waals surface area contributed by atoms with Crippen molar-refractivity contribution in [2.75, 3.05) is 19.6 Å². The molecule has 0 spiro atoms. The molecule has 1 atom stereocenters. The Kier molecular flexibility index (Phi) is 9.74. The predicted molar refractivity (Wildman–Crippen MR) is 105 cm³/mol. The van der Waals surface area contributed by atoms with Crippen LogP contribution in [-0.2, 0) is 16.0 Å². The second-order valence-electron chi connectivity index (χ2n) is 6.51. The number of likely N-dealkylation sites (tertiary alicyclic amines) is 1. The summed E-state index contributed by atoms with van der Waals surface area (Å²) in [6, 6.07) is 6.38. The lowest BCUT2D eigenvalue weighted by Gasteiger charge is -2.36. The molecule has 0 bridgehead atoms. The van der Waals surface area contributed by atoms with E-state index in [4.69, 9.17) is 5.73 Å². The van der Waals surface area contributed by atoms with Crippen LogP contribution in [0.2, 0.25) is 0 Å². The Labute approximate surface area is 165 Å². The van der Waals surface area contributed by atoms with Crippen molar-refractivity contribution in [1.29, 1.82) is 0 Å². The van der Waals surface area contributed by atoms with Gasteiger partial charge in [0.1, 0.15) is 0 Å². The highest BCUT2D eigenvalue weighted by atomic mass is 35.5. The molecule has 1 aliphatic heterocycles. The summed E-state index contributed by atoms with van der Waals surface area (Å²) < 4.78 is 0. The van der Waals surface area contributed by atoms with Crippen LogP contribution in [0.25, 0.3) is 0 Å². The molecule has 3 N–H and O–H groups in total. The molecule has 0 saturated carbocycles. The van der Waals surface area contributed by atoms with Gasteiger partial charge in [-0.1, -0.05) is 12.1 Å². The average Bonchev–Trinajstić information content (AvgIpc) is 2.65. The van der Waals surface area contributed by atoms with Crippen LogP contribution in [0.15, 0.2) is 24.3 Å². The van der Waals surface area contributed by atoms with Gasteiger partial charge in [-0.25, -0.2) is 0 Å². The summed E-state index contributed by atoms with van der Waals surface area (Å²) in [7, 11) is 0. The van der Waals surface area contributed by atoms with E-state index in [1.807, 2.05) is 4.90 Å². The SMILES string of the molecule is Cl.NCCC(=O)NCC1CCCCN1C(=O)CCc1cccc([N+](=O)[O-])c1. The zero-order chi connectivity index (χ0) is 18.9. The van der Waals surface area contributed by atoms with Gasteiger partial charge < -0.3 is 16.0 Å². The molecule has 2 rings (SSSR count). The molecule has 1 unspecified atom stereocenters. The number of non-ortho nitro benzene ring substituents is 1. The van der Waals surface area contributed by atoms with Crippen molar-refractivity contribution in [2.45, 2.75) is 44.6 Å². The molecular weight excluding hydrogens is 372 g/mol. The van der Waals surface area contributed by atoms with E-state index in [0.29, 0.717) is 32.5 Å². The molecule has 9 heteroatoms. The molecule has 27 heavy (non-hydrogen) atoms. The third-order valence-electron chi connectivity index (χ3n) is 4.60. The number of aryl methyl sites for hydroxylation is 1. The van der Waals surface area contributed by atoms with Gasteiger partial charge in [0, 0.05) is 50.7 Å². The number of nitro benzene ring substituents is 1. The van der Waals surface area contributed by atoms with Crippen LogP contribution in [0.4, 0.5) is 5.69 Å². The molecule has 0 aliphatic carbocycles. The fraction of sp³-hybridized carbons (Fsp3) is 0.556. The van der Waals surface area contributed by atoms with Crippen LogP contribution in [0, 0.1) is 10.1 Å². The van der Waals surface area contributed by atoms with Crippen LogP contribution >= 0.6 is 12.4 Å². The van der Waals surface area contributed by atoms with Crippen LogP contribution < -0.4 is 11.1 Å². The number of nitro groups is 1. The topological polar surface area (TPSA) is 119 Å². The number of hydrogen-bond donors (Lipinski definition) is 2. The quantitative estimate of drug-likeness (QED) is 0.511. The highest BCUT2D eigenvalue weighted by Crippen LogP contribution is 2.19. The molecule has 1 heterocycles. The maximum Gasteiger partial charge on any atom is 0.269 e. The molecule has 2 amide bonds. The summed E-state index contributed by atoms with van der Waals surface area (Å²) in [6.45, 7) is 1.44. The van der Waals surface area contributed by atoms with Gasteiger partial charge in [-0.2, -0.15) is 0 Å². The third-order valence-corrected chi connectivity index (χ3v) is 4.60. The predicted octanol–water partition coefficient (Wildman–Crippen LogP) is 1.80. The van der Waals surface area contributed by atoms with Gasteiger partial charge in [0.15, 0.2) is 0 Å². The number of amides is 2. The standard InChI is InChI=1S/C18H26N4O4.ClH/c19-10-9-17(23)20-13-16-5-1-2-11-21(16)18(24)8-7-14-4-3-6-15(12-14)22(25)26;/h3-4,6,12,16H,1-2,5,7-11,13,19H2,(H,20,23);1H. The summed E-state index contributed by atoms with van der Waals surface area (Å²) in [6.07, 6.45) is 3.90. The number of nitrogens with zero attached hydrogens (tertiary/aromatic N) is 2. The second-order valence-corrected chi connectivity index (χ2v) is 6.51. The maximum absolute atomic E-state index is 12.6. The highest BCUT2D eigenvalue weighted by Gasteiger charge is 2.26. The summed E-state index contributed by atoms with van der Waals surface area (Å²) in [5.74, 6) is -0.0728. The second kappa shape index (κ2) is 11.5. The molecule has 0 radical (unpaired) electrons. The Bertz CT molecular complexity index is 656. The zero-order valence-electron chi connectivity index (χ0n) is 15.3. The van der Waals surface area contributed by atoms with E-state index in [0.717, 1.165) is 24.8 Å². The molecular formula is C18H27ClN4O4. The minimum absolute atomic E-state index is 0. The lowest BCUT2D eigenvalue weighted by atomic mass is 10.0. The van der Waals surface area contributed by atoms with Crippen LogP contribution in [0.3, 0.4) is 0 Å². The molecule has 8 nitrogen and oxygen atoms in total. The van der Waals surface area contributed by atoms with Gasteiger partial charge in [0.2, 0.25) is 11.8 Å². The largest absolute Gasteiger partial charge is 0.354 e. The van der Waals surface area contributed by atoms with Crippen LogP contribution in [0.1, 0.15) is 37.7 Å². The van der Waals surface area contributed by atoms with Gasteiger partial charge in [0.25, 0.3) is 5.69 Å². The Balaban J connectivity index is 0.00000364. The van der Waals surface area contributed by atoms with E-state index in [9.17, 15) is 19.7 Å². The van der Waals surface area contributed by atoms with Crippen molar-refractivity contribution in [3.8, 4) is 0 Å². The third kappa shape index (κ3) is 7.15. The van der Waals surface area contributed by atoms with Crippen molar-refractivity contribution < 1.29 is 14.5 Å². The van der Waals surface area contributed by atoms with Gasteiger partial charge >= 0.3 is 0 Å². The number of nitrogens with one attached hydrogen (secondary N) is 1. The molecule has 150 valence electrons. The Morgan fingerprint density at radius 1 is 1.30 bits per heavy atom. The van der Waals surface area contributed by atoms with Crippen molar-refractivity contribution in [3.05, 3.63) is 39.9 Å². The number of rotatable bonds is 8. The van der Waals surface area contributed by atoms with Gasteiger partial charge in [0.05, 0.1) is 4.92 Å². The number of halogens is 1. The first-order valence-corrected chi connectivity index (χ1v) is 9.01. The van der Waals surface area contributed by atoms with E-state index in [-0.39, 0.29) is 42.4 Å². The normalized spacial score (nSPS) is 16.3. The number of carbonyl (C=O) groups is 2. The average molecular weight is 399 g/mol. The lowest BCUT2D eigenvalue weighted by molar-refractivity contribution is -0.384. The number of piperidine rings is 1. The summed E-state index contributed by atoms with van der Waals surface area (Å²) in [5, 5.41) is 13.7. The summed E-state index contributed by atoms with van der Waals surface area (Å²) >= 11 is 0. The number of hydrogen-bond acceptors (Lipinski definition) is 5. The first-order chi connectivity index (χ1) is 12.5.